The van der Waals surface area contributed by atoms with Crippen LogP contribution in [0.15, 0.2) is 52.6 Å². The lowest BCUT2D eigenvalue weighted by atomic mass is 9.76. The average Bonchev–Trinajstić information content (AvgIpc) is 3.63. The summed E-state index contributed by atoms with van der Waals surface area (Å²) in [7, 11) is -2.40. The summed E-state index contributed by atoms with van der Waals surface area (Å²) >= 11 is 0. The quantitative estimate of drug-likeness (QED) is 0.522. The molecule has 42 heavy (non-hydrogen) atoms. The van der Waals surface area contributed by atoms with Crippen molar-refractivity contribution in [1.82, 2.24) is 13.6 Å². The number of carbonyl (C=O) groups is 2. The molecule has 2 aliphatic heterocycles. The molecule has 1 aromatic heterocycles. The zero-order valence-electron chi connectivity index (χ0n) is 23.6. The first kappa shape index (κ1) is 27.4. The maximum atomic E-state index is 13.6. The van der Waals surface area contributed by atoms with E-state index in [9.17, 15) is 23.1 Å². The molecule has 11 heteroatoms. The minimum Gasteiger partial charge on any atom is -0.496 e. The Kier molecular flexibility index (Phi) is 6.79. The van der Waals surface area contributed by atoms with Crippen molar-refractivity contribution < 1.29 is 32.6 Å². The van der Waals surface area contributed by atoms with Gasteiger partial charge in [-0.25, -0.2) is 4.72 Å². The second-order valence-corrected chi connectivity index (χ2v) is 13.5. The number of allylic oxidation sites excluding steroid dienone is 4. The van der Waals surface area contributed by atoms with Gasteiger partial charge in [0.2, 0.25) is 0 Å². The van der Waals surface area contributed by atoms with Crippen LogP contribution in [0.25, 0.3) is 10.9 Å². The fourth-order valence-electron chi connectivity index (χ4n) is 7.53. The van der Waals surface area contributed by atoms with Crippen LogP contribution >= 0.6 is 0 Å². The highest BCUT2D eigenvalue weighted by Crippen LogP contribution is 2.55. The predicted octanol–water partition coefficient (Wildman–Crippen LogP) is 3.76. The topological polar surface area (TPSA) is 127 Å². The fourth-order valence-corrected chi connectivity index (χ4v) is 8.62. The lowest BCUT2D eigenvalue weighted by Gasteiger charge is -2.29. The highest BCUT2D eigenvalue weighted by atomic mass is 32.2. The smallest absolute Gasteiger partial charge is 0.307 e. The van der Waals surface area contributed by atoms with Gasteiger partial charge in [-0.3, -0.25) is 9.59 Å². The van der Waals surface area contributed by atoms with E-state index in [0.29, 0.717) is 30.0 Å². The average molecular weight is 594 g/mol. The zero-order chi connectivity index (χ0) is 29.2. The molecule has 2 N–H and O–H groups in total. The van der Waals surface area contributed by atoms with Crippen LogP contribution in [-0.2, 0) is 31.1 Å². The summed E-state index contributed by atoms with van der Waals surface area (Å²) in [4.78, 5) is 26.2. The van der Waals surface area contributed by atoms with E-state index >= 15 is 0 Å². The molecule has 3 heterocycles. The van der Waals surface area contributed by atoms with Gasteiger partial charge in [0, 0.05) is 36.6 Å². The summed E-state index contributed by atoms with van der Waals surface area (Å²) in [5, 5.41) is 11.3. The highest BCUT2D eigenvalue weighted by Gasteiger charge is 2.47. The molecule has 222 valence electrons. The summed E-state index contributed by atoms with van der Waals surface area (Å²) in [5.41, 5.74) is 5.70. The number of amides is 1. The third-order valence-electron chi connectivity index (χ3n) is 9.56. The van der Waals surface area contributed by atoms with Crippen LogP contribution in [0, 0.1) is 5.92 Å². The lowest BCUT2D eigenvalue weighted by molar-refractivity contribution is -0.142. The van der Waals surface area contributed by atoms with Crippen LogP contribution < -0.4 is 9.46 Å². The summed E-state index contributed by atoms with van der Waals surface area (Å²) in [5.74, 6) is -1.66. The van der Waals surface area contributed by atoms with Crippen LogP contribution in [0.1, 0.15) is 61.6 Å². The van der Waals surface area contributed by atoms with Crippen molar-refractivity contribution in [2.24, 2.45) is 5.92 Å². The molecule has 0 radical (unpaired) electrons. The molecule has 1 aromatic carbocycles. The number of methoxy groups -OCH3 is 1. The number of nitrogens with zero attached hydrogens (tertiary/aromatic N) is 2. The summed E-state index contributed by atoms with van der Waals surface area (Å²) < 4.78 is 42.8. The Morgan fingerprint density at radius 1 is 1.12 bits per heavy atom. The van der Waals surface area contributed by atoms with E-state index in [1.54, 1.807) is 7.11 Å². The van der Waals surface area contributed by atoms with Crippen LogP contribution in [0.5, 0.6) is 5.75 Å². The van der Waals surface area contributed by atoms with E-state index in [1.807, 2.05) is 18.2 Å². The van der Waals surface area contributed by atoms with E-state index in [1.165, 1.54) is 29.1 Å². The molecule has 0 spiro atoms. The SMILES string of the molecule is COc1ccc(C2CCCCC2)c2c1cc1n2CC2=C(C(=O)NS(=O)(=O)N3CCOCC3)C2=C2C=CC[C@@H](C(=O)O)C21. The summed E-state index contributed by atoms with van der Waals surface area (Å²) in [6.07, 6.45) is 9.89. The number of rotatable bonds is 6. The molecular weight excluding hydrogens is 558 g/mol. The van der Waals surface area contributed by atoms with Crippen LogP contribution in [0.3, 0.4) is 0 Å². The van der Waals surface area contributed by atoms with Crippen LogP contribution in [-0.4, -0.2) is 67.7 Å². The third kappa shape index (κ3) is 4.40. The second-order valence-electron chi connectivity index (χ2n) is 11.8. The van der Waals surface area contributed by atoms with Crippen molar-refractivity contribution in [3.63, 3.8) is 0 Å². The largest absolute Gasteiger partial charge is 0.496 e. The maximum Gasteiger partial charge on any atom is 0.307 e. The van der Waals surface area contributed by atoms with Crippen LogP contribution in [0.4, 0.5) is 0 Å². The van der Waals surface area contributed by atoms with Crippen molar-refractivity contribution >= 4 is 33.0 Å². The number of ether oxygens (including phenoxy) is 2. The first-order chi connectivity index (χ1) is 20.3. The van der Waals surface area contributed by atoms with E-state index in [4.69, 9.17) is 9.47 Å². The molecule has 1 amide bonds. The number of aromatic nitrogens is 1. The van der Waals surface area contributed by atoms with Crippen molar-refractivity contribution in [3.8, 4) is 5.75 Å². The number of carbonyl (C=O) groups excluding carboxylic acids is 1. The Balaban J connectivity index is 1.37. The van der Waals surface area contributed by atoms with Crippen molar-refractivity contribution in [2.45, 2.75) is 56.9 Å². The monoisotopic (exact) mass is 593 g/mol. The minimum atomic E-state index is -4.05. The standard InChI is InChI=1S/C31H35N3O7S/c1-40-25-11-10-19(18-6-3-2-4-7-18)29-22(25)16-24-26-20(8-5-9-21(26)31(36)37)27-23(17-34(24)29)28(27)30(35)32-42(38,39)33-12-14-41-15-13-33/h5,8,10-11,16,18,21,26H,2-4,6-7,9,12-15,17H2,1H3,(H,32,35)(H,36,37)/t21-,26?/m1/s1. The van der Waals surface area contributed by atoms with Gasteiger partial charge >= 0.3 is 16.2 Å². The Hall–Kier alpha value is -3.41. The molecule has 7 rings (SSSR count). The van der Waals surface area contributed by atoms with Gasteiger partial charge in [-0.2, -0.15) is 12.7 Å². The molecule has 1 saturated heterocycles. The Bertz CT molecular complexity index is 1690. The Labute approximate surface area is 244 Å². The molecule has 2 aromatic rings. The Morgan fingerprint density at radius 2 is 1.88 bits per heavy atom. The molecule has 1 saturated carbocycles. The van der Waals surface area contributed by atoms with Gasteiger partial charge in [0.05, 0.1) is 37.3 Å². The van der Waals surface area contributed by atoms with Gasteiger partial charge in [-0.15, -0.1) is 0 Å². The van der Waals surface area contributed by atoms with Crippen molar-refractivity contribution in [1.29, 1.82) is 0 Å². The van der Waals surface area contributed by atoms with E-state index in [2.05, 4.69) is 21.4 Å². The van der Waals surface area contributed by atoms with Gasteiger partial charge < -0.3 is 19.1 Å². The number of morpholine rings is 1. The van der Waals surface area contributed by atoms with Gasteiger partial charge in [-0.1, -0.05) is 37.5 Å². The molecular formula is C31H35N3O7S. The molecule has 2 fully saturated rings. The number of fused-ring (bicyclic) bond motifs is 6. The zero-order valence-corrected chi connectivity index (χ0v) is 24.4. The van der Waals surface area contributed by atoms with Gasteiger partial charge in [0.1, 0.15) is 5.75 Å². The normalized spacial score (nSPS) is 24.6. The van der Waals surface area contributed by atoms with E-state index < -0.39 is 33.9 Å². The molecule has 5 aliphatic rings. The molecule has 10 nitrogen and oxygen atoms in total. The number of hydrogen-bond acceptors (Lipinski definition) is 6. The first-order valence-electron chi connectivity index (χ1n) is 14.8. The molecule has 3 aliphatic carbocycles. The highest BCUT2D eigenvalue weighted by molar-refractivity contribution is 7.87. The maximum absolute atomic E-state index is 13.6. The fraction of sp³-hybridized carbons (Fsp3) is 0.484. The van der Waals surface area contributed by atoms with Gasteiger partial charge in [-0.05, 0) is 59.6 Å². The summed E-state index contributed by atoms with van der Waals surface area (Å²) in [6.45, 7) is 1.27. The number of carboxylic acid groups (broad SMARTS) is 1. The number of nitrogens with one attached hydrogen (secondary N) is 1. The number of benzene rings is 1. The van der Waals surface area contributed by atoms with Crippen molar-refractivity contribution in [3.05, 3.63) is 63.9 Å². The van der Waals surface area contributed by atoms with E-state index in [0.717, 1.165) is 46.3 Å². The minimum absolute atomic E-state index is 0.179. The summed E-state index contributed by atoms with van der Waals surface area (Å²) in [6, 6.07) is 6.23. The molecule has 1 unspecified atom stereocenters. The van der Waals surface area contributed by atoms with Crippen molar-refractivity contribution in [2.75, 3.05) is 33.4 Å². The van der Waals surface area contributed by atoms with Gasteiger partial charge in [0.25, 0.3) is 5.91 Å². The number of aliphatic carboxylic acids is 1. The van der Waals surface area contributed by atoms with E-state index in [-0.39, 0.29) is 26.3 Å². The lowest BCUT2D eigenvalue weighted by Crippen LogP contribution is -2.48. The third-order valence-corrected chi connectivity index (χ3v) is 11.1. The number of hydrogen-bond donors (Lipinski definition) is 2. The number of carboxylic acids is 1. The van der Waals surface area contributed by atoms with Gasteiger partial charge in [0.15, 0.2) is 0 Å². The Morgan fingerprint density at radius 3 is 2.60 bits per heavy atom. The molecule has 2 atom stereocenters. The first-order valence-corrected chi connectivity index (χ1v) is 16.2. The predicted molar refractivity (Wildman–Crippen MR) is 155 cm³/mol. The second kappa shape index (κ2) is 10.4. The van der Waals surface area contributed by atoms with Crippen LogP contribution in [0.2, 0.25) is 0 Å². The molecule has 0 bridgehead atoms.